The lowest BCUT2D eigenvalue weighted by atomic mass is 9.38. The van der Waals surface area contributed by atoms with E-state index in [1.165, 1.54) is 16.7 Å². The van der Waals surface area contributed by atoms with Crippen molar-refractivity contribution >= 4 is 12.2 Å². The average molecular weight is 188 g/mol. The Balaban J connectivity index is 3.20. The molecular formula is C13H21B. The molecule has 0 nitrogen and oxygen atoms in total. The minimum absolute atomic E-state index is 0.663. The summed E-state index contributed by atoms with van der Waals surface area (Å²) in [5.74, 6) is 0.718. The largest absolute Gasteiger partial charge is 0.176 e. The summed E-state index contributed by atoms with van der Waals surface area (Å²) in [5, 5.41) is 0. The summed E-state index contributed by atoms with van der Waals surface area (Å²) >= 11 is 0. The summed E-state index contributed by atoms with van der Waals surface area (Å²) in [4.78, 5) is 0. The van der Waals surface area contributed by atoms with Gasteiger partial charge in [-0.25, -0.2) is 0 Å². The van der Waals surface area contributed by atoms with Crippen LogP contribution in [0.1, 0.15) is 30.5 Å². The quantitative estimate of drug-likeness (QED) is 0.624. The second kappa shape index (κ2) is 4.21. The summed E-state index contributed by atoms with van der Waals surface area (Å²) in [5.41, 5.74) is 5.82. The second-order valence-corrected chi connectivity index (χ2v) is 4.85. The van der Waals surface area contributed by atoms with Crippen LogP contribution < -0.4 is 5.46 Å². The van der Waals surface area contributed by atoms with Gasteiger partial charge in [-0.2, -0.15) is 0 Å². The fourth-order valence-corrected chi connectivity index (χ4v) is 2.24. The number of aryl methyl sites for hydroxylation is 3. The monoisotopic (exact) mass is 188 g/mol. The van der Waals surface area contributed by atoms with Gasteiger partial charge in [0, 0.05) is 0 Å². The highest BCUT2D eigenvalue weighted by molar-refractivity contribution is 6.74. The third-order valence-corrected chi connectivity index (χ3v) is 3.19. The molecule has 1 heteroatoms. The van der Waals surface area contributed by atoms with Crippen LogP contribution in [-0.4, -0.2) is 6.71 Å². The van der Waals surface area contributed by atoms with Crippen LogP contribution in [0.4, 0.5) is 0 Å². The fourth-order valence-electron chi connectivity index (χ4n) is 2.24. The Bertz CT molecular complexity index is 303. The van der Waals surface area contributed by atoms with Crippen LogP contribution in [0.25, 0.3) is 0 Å². The zero-order chi connectivity index (χ0) is 10.9. The number of hydrogen-bond donors (Lipinski definition) is 0. The van der Waals surface area contributed by atoms with Crippen molar-refractivity contribution in [2.45, 2.75) is 47.3 Å². The van der Waals surface area contributed by atoms with Crippen LogP contribution in [-0.2, 0) is 0 Å². The van der Waals surface area contributed by atoms with E-state index < -0.39 is 0 Å². The minimum atomic E-state index is 0.663. The first kappa shape index (κ1) is 11.4. The smallest absolute Gasteiger partial charge is 0.0815 e. The standard InChI is InChI=1S/C13H21B/c1-9(2)14(6)13-11(4)7-10(3)8-12(13)5/h7-9H,1-6H3. The summed E-state index contributed by atoms with van der Waals surface area (Å²) in [6.45, 7) is 14.2. The molecule has 1 aromatic rings. The van der Waals surface area contributed by atoms with Gasteiger partial charge in [-0.3, -0.25) is 0 Å². The lowest BCUT2D eigenvalue weighted by Gasteiger charge is -2.18. The molecule has 0 aliphatic heterocycles. The highest BCUT2D eigenvalue weighted by Crippen LogP contribution is 2.13. The maximum atomic E-state index is 2.33. The zero-order valence-electron chi connectivity index (χ0n) is 10.3. The fraction of sp³-hybridized carbons (Fsp3) is 0.538. The highest BCUT2D eigenvalue weighted by Gasteiger charge is 2.18. The zero-order valence-corrected chi connectivity index (χ0v) is 10.3. The SMILES string of the molecule is CB(c1c(C)cc(C)cc1C)C(C)C. The van der Waals surface area contributed by atoms with Gasteiger partial charge in [-0.15, -0.1) is 0 Å². The Hall–Kier alpha value is -0.715. The van der Waals surface area contributed by atoms with Gasteiger partial charge in [0.15, 0.2) is 6.71 Å². The van der Waals surface area contributed by atoms with Crippen LogP contribution in [0.15, 0.2) is 12.1 Å². The van der Waals surface area contributed by atoms with Gasteiger partial charge in [0.2, 0.25) is 0 Å². The Morgan fingerprint density at radius 1 is 1.00 bits per heavy atom. The molecule has 76 valence electrons. The van der Waals surface area contributed by atoms with Crippen molar-refractivity contribution in [3.63, 3.8) is 0 Å². The van der Waals surface area contributed by atoms with Crippen LogP contribution in [0.2, 0.25) is 12.6 Å². The van der Waals surface area contributed by atoms with E-state index in [4.69, 9.17) is 0 Å². The van der Waals surface area contributed by atoms with Crippen molar-refractivity contribution in [3.8, 4) is 0 Å². The van der Waals surface area contributed by atoms with Gasteiger partial charge in [0.05, 0.1) is 0 Å². The Labute approximate surface area is 88.8 Å². The Morgan fingerprint density at radius 2 is 1.43 bits per heavy atom. The molecule has 0 bridgehead atoms. The normalized spacial score (nSPS) is 10.8. The maximum absolute atomic E-state index is 2.33. The summed E-state index contributed by atoms with van der Waals surface area (Å²) < 4.78 is 0. The maximum Gasteiger partial charge on any atom is 0.176 e. The lowest BCUT2D eigenvalue weighted by Crippen LogP contribution is -2.34. The van der Waals surface area contributed by atoms with E-state index in [1.54, 1.807) is 5.46 Å². The molecule has 0 radical (unpaired) electrons. The van der Waals surface area contributed by atoms with Gasteiger partial charge in [-0.05, 0) is 20.8 Å². The number of hydrogen-bond acceptors (Lipinski definition) is 0. The topological polar surface area (TPSA) is 0 Å². The van der Waals surface area contributed by atoms with Gasteiger partial charge in [-0.1, -0.05) is 60.8 Å². The molecule has 0 aromatic heterocycles. The summed E-state index contributed by atoms with van der Waals surface area (Å²) in [7, 11) is 0. The molecule has 0 saturated heterocycles. The van der Waals surface area contributed by atoms with Gasteiger partial charge < -0.3 is 0 Å². The average Bonchev–Trinajstić information content (AvgIpc) is 2.01. The van der Waals surface area contributed by atoms with Crippen LogP contribution in [0.5, 0.6) is 0 Å². The Morgan fingerprint density at radius 3 is 1.79 bits per heavy atom. The molecule has 0 unspecified atom stereocenters. The molecule has 0 saturated carbocycles. The van der Waals surface area contributed by atoms with Crippen LogP contribution in [0, 0.1) is 20.8 Å². The van der Waals surface area contributed by atoms with Gasteiger partial charge in [0.1, 0.15) is 0 Å². The van der Waals surface area contributed by atoms with E-state index in [2.05, 4.69) is 53.6 Å². The second-order valence-electron chi connectivity index (χ2n) is 4.85. The molecule has 0 aliphatic carbocycles. The van der Waals surface area contributed by atoms with E-state index in [0.29, 0.717) is 6.71 Å². The molecule has 0 atom stereocenters. The molecule has 0 fully saturated rings. The van der Waals surface area contributed by atoms with Crippen LogP contribution >= 0.6 is 0 Å². The highest BCUT2D eigenvalue weighted by atomic mass is 14.0. The molecular weight excluding hydrogens is 167 g/mol. The lowest BCUT2D eigenvalue weighted by molar-refractivity contribution is 1.05. The molecule has 0 aliphatic rings. The third kappa shape index (κ3) is 2.20. The van der Waals surface area contributed by atoms with Crippen molar-refractivity contribution < 1.29 is 0 Å². The molecule has 0 spiro atoms. The first-order chi connectivity index (χ1) is 6.43. The molecule has 0 heterocycles. The van der Waals surface area contributed by atoms with E-state index >= 15 is 0 Å². The number of rotatable bonds is 2. The number of benzene rings is 1. The predicted molar refractivity (Wildman–Crippen MR) is 67.0 cm³/mol. The van der Waals surface area contributed by atoms with Crippen molar-refractivity contribution in [2.24, 2.45) is 0 Å². The third-order valence-electron chi connectivity index (χ3n) is 3.19. The molecule has 0 N–H and O–H groups in total. The van der Waals surface area contributed by atoms with Crippen molar-refractivity contribution in [1.29, 1.82) is 0 Å². The molecule has 1 aromatic carbocycles. The van der Waals surface area contributed by atoms with E-state index in [1.807, 2.05) is 0 Å². The predicted octanol–water partition coefficient (Wildman–Crippen LogP) is 3.35. The van der Waals surface area contributed by atoms with Gasteiger partial charge >= 0.3 is 0 Å². The van der Waals surface area contributed by atoms with Crippen molar-refractivity contribution in [1.82, 2.24) is 0 Å². The van der Waals surface area contributed by atoms with Crippen molar-refractivity contribution in [2.75, 3.05) is 0 Å². The molecule has 1 rings (SSSR count). The first-order valence-corrected chi connectivity index (χ1v) is 5.51. The Kier molecular flexibility index (Phi) is 3.41. The van der Waals surface area contributed by atoms with Gasteiger partial charge in [0.25, 0.3) is 0 Å². The van der Waals surface area contributed by atoms with Crippen molar-refractivity contribution in [3.05, 3.63) is 28.8 Å². The summed E-state index contributed by atoms with van der Waals surface area (Å²) in [6.07, 6.45) is 0. The van der Waals surface area contributed by atoms with Crippen LogP contribution in [0.3, 0.4) is 0 Å². The molecule has 14 heavy (non-hydrogen) atoms. The first-order valence-electron chi connectivity index (χ1n) is 5.51. The van der Waals surface area contributed by atoms with E-state index in [0.717, 1.165) is 5.82 Å². The summed E-state index contributed by atoms with van der Waals surface area (Å²) in [6, 6.07) is 4.59. The molecule has 0 amide bonds. The van der Waals surface area contributed by atoms with E-state index in [9.17, 15) is 0 Å². The minimum Gasteiger partial charge on any atom is -0.0815 e. The van der Waals surface area contributed by atoms with E-state index in [-0.39, 0.29) is 0 Å².